The first kappa shape index (κ1) is 31.2. The number of nitrogens with one attached hydrogen (secondary N) is 1. The summed E-state index contributed by atoms with van der Waals surface area (Å²) in [5, 5.41) is 4.73. The lowest BCUT2D eigenvalue weighted by Crippen LogP contribution is -2.19. The lowest BCUT2D eigenvalue weighted by molar-refractivity contribution is 0.0914. The maximum absolute atomic E-state index is 13.0. The van der Waals surface area contributed by atoms with E-state index in [-0.39, 0.29) is 43.4 Å². The van der Waals surface area contributed by atoms with Crippen molar-refractivity contribution >= 4 is 39.8 Å². The molecule has 0 aliphatic rings. The molecule has 0 radical (unpaired) electrons. The van der Waals surface area contributed by atoms with Gasteiger partial charge in [-0.2, -0.15) is 0 Å². The van der Waals surface area contributed by atoms with Crippen LogP contribution in [0.2, 0.25) is 0 Å². The molecule has 0 spiro atoms. The summed E-state index contributed by atoms with van der Waals surface area (Å²) < 4.78 is 62.8. The fraction of sp³-hybridized carbons (Fsp3) is 0.565. The van der Waals surface area contributed by atoms with Crippen LogP contribution in [0.15, 0.2) is 23.6 Å². The molecule has 2 aromatic rings. The second-order valence-corrected chi connectivity index (χ2v) is 13.3. The molecule has 1 aromatic heterocycles. The minimum atomic E-state index is -3.33. The topological polar surface area (TPSA) is 139 Å². The van der Waals surface area contributed by atoms with Crippen LogP contribution < -0.4 is 14.8 Å². The van der Waals surface area contributed by atoms with Gasteiger partial charge in [0.25, 0.3) is 5.91 Å². The van der Waals surface area contributed by atoms with Crippen molar-refractivity contribution in [1.82, 2.24) is 4.98 Å². The van der Waals surface area contributed by atoms with Crippen LogP contribution in [0, 0.1) is 0 Å². The summed E-state index contributed by atoms with van der Waals surface area (Å²) in [5.74, 6) is 0.289. The number of rotatable bonds is 17. The zero-order chi connectivity index (χ0) is 27.5. The Balaban J connectivity index is 2.16. The molecule has 37 heavy (non-hydrogen) atoms. The van der Waals surface area contributed by atoms with Crippen LogP contribution in [-0.4, -0.2) is 71.0 Å². The fourth-order valence-electron chi connectivity index (χ4n) is 3.19. The number of anilines is 1. The lowest BCUT2D eigenvalue weighted by Gasteiger charge is -2.16. The molecule has 1 N–H and O–H groups in total. The molecule has 0 aliphatic heterocycles. The smallest absolute Gasteiger partial charge is 0.336 e. The summed E-state index contributed by atoms with van der Waals surface area (Å²) >= 11 is 1.18. The number of ether oxygens (including phenoxy) is 3. The number of hydrogen-bond acceptors (Lipinski definition) is 11. The summed E-state index contributed by atoms with van der Waals surface area (Å²) in [6.45, 7) is 6.27. The van der Waals surface area contributed by atoms with Crippen LogP contribution in [0.1, 0.15) is 43.2 Å². The Kier molecular flexibility index (Phi) is 12.5. The number of carbonyl (C=O) groups is 1. The third-order valence-electron chi connectivity index (χ3n) is 4.59. The summed E-state index contributed by atoms with van der Waals surface area (Å²) in [6.07, 6.45) is 1.18. The van der Waals surface area contributed by atoms with Crippen LogP contribution >= 0.6 is 18.9 Å². The number of nitrogens with zero attached hydrogens (tertiary/aromatic N) is 1. The predicted molar refractivity (Wildman–Crippen MR) is 143 cm³/mol. The molecule has 11 nitrogen and oxygen atoms in total. The lowest BCUT2D eigenvalue weighted by atomic mass is 10.2. The quantitative estimate of drug-likeness (QED) is 0.212. The van der Waals surface area contributed by atoms with E-state index in [1.54, 1.807) is 38.5 Å². The van der Waals surface area contributed by atoms with E-state index >= 15 is 0 Å². The monoisotopic (exact) mass is 578 g/mol. The van der Waals surface area contributed by atoms with Crippen LogP contribution in [0.5, 0.6) is 11.5 Å². The van der Waals surface area contributed by atoms with Gasteiger partial charge in [0.2, 0.25) is 0 Å². The second-order valence-electron chi connectivity index (χ2n) is 8.11. The van der Waals surface area contributed by atoms with Gasteiger partial charge in [0, 0.05) is 30.4 Å². The number of sulfone groups is 1. The third kappa shape index (κ3) is 11.5. The molecule has 0 aliphatic carbocycles. The van der Waals surface area contributed by atoms with Gasteiger partial charge in [0.05, 0.1) is 44.0 Å². The number of amides is 1. The zero-order valence-corrected chi connectivity index (χ0v) is 24.2. The number of thiazole rings is 1. The van der Waals surface area contributed by atoms with E-state index in [9.17, 15) is 17.8 Å². The first-order chi connectivity index (χ1) is 17.5. The van der Waals surface area contributed by atoms with E-state index in [0.29, 0.717) is 35.4 Å². The molecule has 0 unspecified atom stereocenters. The summed E-state index contributed by atoms with van der Waals surface area (Å²) in [4.78, 5) is 17.4. The van der Waals surface area contributed by atoms with Crippen molar-refractivity contribution in [1.29, 1.82) is 0 Å². The van der Waals surface area contributed by atoms with Gasteiger partial charge in [-0.15, -0.1) is 11.3 Å². The Morgan fingerprint density at radius 3 is 2.46 bits per heavy atom. The number of hydrogen-bond donors (Lipinski definition) is 1. The minimum absolute atomic E-state index is 0.00664. The first-order valence-electron chi connectivity index (χ1n) is 11.7. The largest absolute Gasteiger partial charge is 0.493 e. The SMILES string of the molecule is CCOP(=O)(Cc1csc(NC(=O)c2cc(OCCCS(C)(=O)=O)cc(O[C@@H](C)COC)c2)n1)OCC. The van der Waals surface area contributed by atoms with Crippen molar-refractivity contribution in [2.45, 2.75) is 39.5 Å². The number of carbonyl (C=O) groups excluding carboxylic acids is 1. The van der Waals surface area contributed by atoms with Crippen molar-refractivity contribution in [3.05, 3.63) is 34.8 Å². The van der Waals surface area contributed by atoms with E-state index in [4.69, 9.17) is 23.3 Å². The highest BCUT2D eigenvalue weighted by Gasteiger charge is 2.26. The Morgan fingerprint density at radius 2 is 1.84 bits per heavy atom. The van der Waals surface area contributed by atoms with Crippen molar-refractivity contribution < 1.29 is 41.0 Å². The fourth-order valence-corrected chi connectivity index (χ4v) is 6.27. The molecule has 2 rings (SSSR count). The van der Waals surface area contributed by atoms with Gasteiger partial charge < -0.3 is 23.3 Å². The van der Waals surface area contributed by atoms with Gasteiger partial charge in [0.15, 0.2) is 5.13 Å². The Labute approximate surface area is 222 Å². The highest BCUT2D eigenvalue weighted by molar-refractivity contribution is 7.90. The van der Waals surface area contributed by atoms with Crippen LogP contribution in [0.3, 0.4) is 0 Å². The first-order valence-corrected chi connectivity index (χ1v) is 16.4. The van der Waals surface area contributed by atoms with E-state index < -0.39 is 23.3 Å². The van der Waals surface area contributed by atoms with Crippen molar-refractivity contribution in [2.75, 3.05) is 50.9 Å². The van der Waals surface area contributed by atoms with E-state index in [1.807, 2.05) is 6.92 Å². The normalized spacial score (nSPS) is 12.8. The molecular formula is C23H35N2O9PS2. The third-order valence-corrected chi connectivity index (χ3v) is 8.44. The molecule has 1 heterocycles. The maximum atomic E-state index is 13.0. The van der Waals surface area contributed by atoms with Crippen molar-refractivity contribution in [3.63, 3.8) is 0 Å². The molecule has 0 saturated heterocycles. The molecule has 1 amide bonds. The van der Waals surface area contributed by atoms with Gasteiger partial charge in [-0.05, 0) is 39.3 Å². The van der Waals surface area contributed by atoms with Crippen LogP contribution in [-0.2, 0) is 34.3 Å². The number of aromatic nitrogens is 1. The van der Waals surface area contributed by atoms with Crippen LogP contribution in [0.25, 0.3) is 0 Å². The average molecular weight is 579 g/mol. The van der Waals surface area contributed by atoms with Crippen molar-refractivity contribution in [3.8, 4) is 11.5 Å². The maximum Gasteiger partial charge on any atom is 0.336 e. The highest BCUT2D eigenvalue weighted by atomic mass is 32.2. The summed E-state index contributed by atoms with van der Waals surface area (Å²) in [5.41, 5.74) is 0.734. The highest BCUT2D eigenvalue weighted by Crippen LogP contribution is 2.51. The molecule has 1 atom stereocenters. The van der Waals surface area contributed by atoms with Gasteiger partial charge in [0.1, 0.15) is 27.4 Å². The predicted octanol–water partition coefficient (Wildman–Crippen LogP) is 4.39. The van der Waals surface area contributed by atoms with Gasteiger partial charge in [-0.25, -0.2) is 13.4 Å². The van der Waals surface area contributed by atoms with Gasteiger partial charge >= 0.3 is 7.60 Å². The Hall–Kier alpha value is -2.02. The van der Waals surface area contributed by atoms with E-state index in [1.165, 1.54) is 17.4 Å². The minimum Gasteiger partial charge on any atom is -0.493 e. The number of benzene rings is 1. The molecule has 0 fully saturated rings. The van der Waals surface area contributed by atoms with E-state index in [0.717, 1.165) is 6.26 Å². The number of methoxy groups -OCH3 is 1. The average Bonchev–Trinajstić information content (AvgIpc) is 3.22. The summed E-state index contributed by atoms with van der Waals surface area (Å²) in [7, 11) is -4.87. The molecule has 0 saturated carbocycles. The van der Waals surface area contributed by atoms with Crippen molar-refractivity contribution in [2.24, 2.45) is 0 Å². The second kappa shape index (κ2) is 14.8. The molecule has 0 bridgehead atoms. The standard InChI is InChI=1S/C23H35N2O9PS2/c1-6-32-35(27,33-7-2)15-19-16-36-23(24-19)25-22(26)18-11-20(31-9-8-10-37(5,28)29)13-21(12-18)34-17(3)14-30-4/h11-13,16-17H,6-10,14-15H2,1-5H3,(H,24,25,26)/t17-/m0/s1. The summed E-state index contributed by atoms with van der Waals surface area (Å²) in [6, 6.07) is 4.73. The molecular weight excluding hydrogens is 543 g/mol. The molecule has 14 heteroatoms. The Bertz CT molecular complexity index is 1160. The zero-order valence-electron chi connectivity index (χ0n) is 21.7. The molecule has 1 aromatic carbocycles. The van der Waals surface area contributed by atoms with Crippen LogP contribution in [0.4, 0.5) is 5.13 Å². The van der Waals surface area contributed by atoms with E-state index in [2.05, 4.69) is 10.3 Å². The Morgan fingerprint density at radius 1 is 1.16 bits per heavy atom. The van der Waals surface area contributed by atoms with Gasteiger partial charge in [-0.3, -0.25) is 14.7 Å². The van der Waals surface area contributed by atoms with Gasteiger partial charge in [-0.1, -0.05) is 0 Å². The molecule has 208 valence electrons.